The van der Waals surface area contributed by atoms with E-state index in [0.29, 0.717) is 0 Å². The largest absolute Gasteiger partial charge is 0.481 e. The van der Waals surface area contributed by atoms with Gasteiger partial charge in [0, 0.05) is 30.6 Å². The fourth-order valence-corrected chi connectivity index (χ4v) is 4.27. The predicted molar refractivity (Wildman–Crippen MR) is 112 cm³/mol. The number of nitrogens with zero attached hydrogens (tertiary/aromatic N) is 3. The van der Waals surface area contributed by atoms with Crippen molar-refractivity contribution in [3.8, 4) is 0 Å². The van der Waals surface area contributed by atoms with Crippen molar-refractivity contribution in [3.05, 3.63) is 56.6 Å². The highest BCUT2D eigenvalue weighted by molar-refractivity contribution is 9.10. The zero-order valence-electron chi connectivity index (χ0n) is 16.5. The summed E-state index contributed by atoms with van der Waals surface area (Å²) in [4.78, 5) is 33.9. The van der Waals surface area contributed by atoms with Crippen LogP contribution in [0.4, 0.5) is 10.1 Å². The van der Waals surface area contributed by atoms with E-state index in [4.69, 9.17) is 0 Å². The van der Waals surface area contributed by atoms with E-state index in [0.717, 1.165) is 42.3 Å². The molecule has 1 fully saturated rings. The molecule has 11 heteroatoms. The summed E-state index contributed by atoms with van der Waals surface area (Å²) in [6.45, 7) is 0. The van der Waals surface area contributed by atoms with Crippen molar-refractivity contribution in [1.82, 2.24) is 15.1 Å². The summed E-state index contributed by atoms with van der Waals surface area (Å²) in [5.74, 6) is -3.36. The molecule has 31 heavy (non-hydrogen) atoms. The Hall–Kier alpha value is -2.82. The van der Waals surface area contributed by atoms with E-state index in [1.165, 1.54) is 6.07 Å². The molecule has 0 radical (unpaired) electrons. The third-order valence-electron chi connectivity index (χ3n) is 5.49. The summed E-state index contributed by atoms with van der Waals surface area (Å²) in [5, 5.41) is 27.2. The van der Waals surface area contributed by atoms with Gasteiger partial charge in [0.1, 0.15) is 5.82 Å². The number of aromatic nitrogens is 2. The van der Waals surface area contributed by atoms with Crippen LogP contribution in [0.2, 0.25) is 0 Å². The maximum Gasteiger partial charge on any atom is 0.303 e. The number of nitro benzene ring substituents is 1. The molecule has 2 N–H and O–H groups in total. The van der Waals surface area contributed by atoms with Gasteiger partial charge in [0.25, 0.3) is 5.69 Å². The van der Waals surface area contributed by atoms with Crippen LogP contribution in [0.3, 0.4) is 0 Å². The van der Waals surface area contributed by atoms with Crippen molar-refractivity contribution in [3.63, 3.8) is 0 Å². The number of aliphatic carboxylic acids is 1. The number of non-ortho nitro benzene ring substituents is 1. The minimum atomic E-state index is -1.18. The van der Waals surface area contributed by atoms with Crippen LogP contribution in [0.5, 0.6) is 0 Å². The van der Waals surface area contributed by atoms with E-state index in [2.05, 4.69) is 26.3 Å². The molecule has 1 atom stereocenters. The summed E-state index contributed by atoms with van der Waals surface area (Å²) in [7, 11) is 0. The third-order valence-corrected chi connectivity index (χ3v) is 5.90. The van der Waals surface area contributed by atoms with Gasteiger partial charge in [-0.05, 0) is 53.2 Å². The topological polar surface area (TPSA) is 127 Å². The molecule has 0 bridgehead atoms. The van der Waals surface area contributed by atoms with Gasteiger partial charge in [-0.3, -0.25) is 24.4 Å². The first kappa shape index (κ1) is 22.9. The van der Waals surface area contributed by atoms with Gasteiger partial charge < -0.3 is 10.4 Å². The first-order chi connectivity index (χ1) is 14.7. The Morgan fingerprint density at radius 2 is 2.03 bits per heavy atom. The van der Waals surface area contributed by atoms with Gasteiger partial charge in [-0.2, -0.15) is 5.10 Å². The number of carboxylic acid groups (broad SMARTS) is 1. The minimum Gasteiger partial charge on any atom is -0.481 e. The lowest BCUT2D eigenvalue weighted by molar-refractivity contribution is -0.385. The second kappa shape index (κ2) is 9.99. The molecule has 0 aliphatic heterocycles. The maximum atomic E-state index is 14.4. The van der Waals surface area contributed by atoms with Crippen molar-refractivity contribution in [2.45, 2.75) is 56.5 Å². The number of rotatable bonds is 8. The summed E-state index contributed by atoms with van der Waals surface area (Å²) in [5.41, 5.74) is -0.447. The van der Waals surface area contributed by atoms with Gasteiger partial charge in [0.2, 0.25) is 5.91 Å². The Morgan fingerprint density at radius 1 is 1.32 bits per heavy atom. The molecule has 9 nitrogen and oxygen atoms in total. The maximum absolute atomic E-state index is 14.4. The van der Waals surface area contributed by atoms with E-state index in [1.54, 1.807) is 6.20 Å². The van der Waals surface area contributed by atoms with Crippen molar-refractivity contribution < 1.29 is 24.0 Å². The second-order valence-corrected chi connectivity index (χ2v) is 8.59. The number of carbonyl (C=O) groups is 2. The number of nitro groups is 1. The Kier molecular flexibility index (Phi) is 7.37. The Labute approximate surface area is 185 Å². The summed E-state index contributed by atoms with van der Waals surface area (Å²) >= 11 is 3.38. The molecule has 1 aliphatic carbocycles. The lowest BCUT2D eigenvalue weighted by Crippen LogP contribution is -2.38. The highest BCUT2D eigenvalue weighted by Gasteiger charge is 2.27. The molecular weight excluding hydrogens is 475 g/mol. The quantitative estimate of drug-likeness (QED) is 0.420. The molecule has 0 spiro atoms. The Morgan fingerprint density at radius 3 is 2.58 bits per heavy atom. The van der Waals surface area contributed by atoms with Crippen LogP contribution in [0, 0.1) is 15.9 Å². The van der Waals surface area contributed by atoms with Gasteiger partial charge in [0.15, 0.2) is 0 Å². The first-order valence-corrected chi connectivity index (χ1v) is 10.7. The number of halogens is 2. The Balaban J connectivity index is 1.60. The smallest absolute Gasteiger partial charge is 0.303 e. The van der Waals surface area contributed by atoms with Gasteiger partial charge in [0.05, 0.1) is 34.1 Å². The van der Waals surface area contributed by atoms with Crippen molar-refractivity contribution in [2.75, 3.05) is 0 Å². The van der Waals surface area contributed by atoms with Crippen LogP contribution in [-0.2, 0) is 9.59 Å². The molecule has 1 aromatic carbocycles. The normalized spacial score (nSPS) is 19.5. The van der Waals surface area contributed by atoms with E-state index in [9.17, 15) is 29.2 Å². The second-order valence-electron chi connectivity index (χ2n) is 7.67. The number of hydrogen-bond acceptors (Lipinski definition) is 5. The molecule has 166 valence electrons. The minimum absolute atomic E-state index is 0.0175. The average Bonchev–Trinajstić information content (AvgIpc) is 3.14. The van der Waals surface area contributed by atoms with E-state index in [-0.39, 0.29) is 30.0 Å². The number of amides is 1. The van der Waals surface area contributed by atoms with Gasteiger partial charge in [-0.25, -0.2) is 4.39 Å². The molecule has 3 rings (SSSR count). The zero-order chi connectivity index (χ0) is 22.5. The lowest BCUT2D eigenvalue weighted by Gasteiger charge is -2.29. The molecule has 2 aromatic rings. The van der Waals surface area contributed by atoms with Crippen LogP contribution < -0.4 is 5.32 Å². The molecule has 1 aliphatic rings. The van der Waals surface area contributed by atoms with Gasteiger partial charge in [-0.1, -0.05) is 0 Å². The highest BCUT2D eigenvalue weighted by Crippen LogP contribution is 2.31. The SMILES string of the molecule is O=C(O)CC(CC(=O)N[C@H]1CC[C@H](n2cc(Br)cn2)CC1)c1ccc([N+](=O)[O-])cc1F. The van der Waals surface area contributed by atoms with Crippen LogP contribution in [0.1, 0.15) is 56.0 Å². The number of carboxylic acids is 1. The summed E-state index contributed by atoms with van der Waals surface area (Å²) in [6.07, 6.45) is 6.17. The van der Waals surface area contributed by atoms with Crippen molar-refractivity contribution in [1.29, 1.82) is 0 Å². The fraction of sp³-hybridized carbons (Fsp3) is 0.450. The molecule has 1 unspecified atom stereocenters. The van der Waals surface area contributed by atoms with Crippen LogP contribution in [0.25, 0.3) is 0 Å². The zero-order valence-corrected chi connectivity index (χ0v) is 18.1. The molecule has 0 saturated heterocycles. The van der Waals surface area contributed by atoms with Crippen molar-refractivity contribution in [2.24, 2.45) is 0 Å². The van der Waals surface area contributed by atoms with Crippen LogP contribution >= 0.6 is 15.9 Å². The van der Waals surface area contributed by atoms with E-state index >= 15 is 0 Å². The summed E-state index contributed by atoms with van der Waals surface area (Å²) in [6, 6.07) is 3.25. The monoisotopic (exact) mass is 496 g/mol. The number of hydrogen-bond donors (Lipinski definition) is 2. The van der Waals surface area contributed by atoms with E-state index in [1.807, 2.05) is 10.9 Å². The molecular formula is C20H22BrFN4O5. The lowest BCUT2D eigenvalue weighted by atomic mass is 9.89. The third kappa shape index (κ3) is 6.09. The molecule has 1 aromatic heterocycles. The number of nitrogens with one attached hydrogen (secondary N) is 1. The number of benzene rings is 1. The first-order valence-electron chi connectivity index (χ1n) is 9.87. The van der Waals surface area contributed by atoms with Crippen LogP contribution in [0.15, 0.2) is 35.1 Å². The van der Waals surface area contributed by atoms with Crippen molar-refractivity contribution >= 4 is 33.5 Å². The van der Waals surface area contributed by atoms with Gasteiger partial charge >= 0.3 is 5.97 Å². The Bertz CT molecular complexity index is 974. The van der Waals surface area contributed by atoms with Crippen LogP contribution in [-0.4, -0.2) is 37.7 Å². The number of carbonyl (C=O) groups excluding carboxylic acids is 1. The molecule has 1 saturated carbocycles. The average molecular weight is 497 g/mol. The standard InChI is InChI=1S/C20H22BrFN4O5/c21-13-10-23-25(11-13)15-3-1-14(2-4-15)24-19(27)7-12(8-20(28)29)17-6-5-16(26(30)31)9-18(17)22/h5-6,9-12,14-15H,1-4,7-8H2,(H,24,27)(H,28,29)/t12?,14-,15-. The molecule has 1 heterocycles. The van der Waals surface area contributed by atoms with Gasteiger partial charge in [-0.15, -0.1) is 0 Å². The van der Waals surface area contributed by atoms with E-state index < -0.39 is 34.7 Å². The molecule has 1 amide bonds. The fourth-order valence-electron chi connectivity index (χ4n) is 3.97. The predicted octanol–water partition coefficient (Wildman–Crippen LogP) is 3.94. The summed E-state index contributed by atoms with van der Waals surface area (Å²) < 4.78 is 17.2. The highest BCUT2D eigenvalue weighted by atomic mass is 79.9.